The first-order valence-corrected chi connectivity index (χ1v) is 10.5. The van der Waals surface area contributed by atoms with Crippen LogP contribution in [0.3, 0.4) is 0 Å². The summed E-state index contributed by atoms with van der Waals surface area (Å²) >= 11 is 5.88. The van der Waals surface area contributed by atoms with E-state index in [1.54, 1.807) is 24.4 Å². The normalized spacial score (nSPS) is 20.2. The molecular formula is C16H18ClN5O5S. The highest BCUT2D eigenvalue weighted by Gasteiger charge is 2.39. The van der Waals surface area contributed by atoms with Gasteiger partial charge in [-0.1, -0.05) is 17.7 Å². The number of aliphatic carboxylic acids is 1. The van der Waals surface area contributed by atoms with Crippen molar-refractivity contribution in [3.8, 4) is 0 Å². The number of nitrogens with one attached hydrogen (secondary N) is 1. The van der Waals surface area contributed by atoms with E-state index >= 15 is 0 Å². The summed E-state index contributed by atoms with van der Waals surface area (Å²) in [5, 5.41) is 11.8. The first-order valence-electron chi connectivity index (χ1n) is 8.26. The molecule has 1 aliphatic rings. The number of aromatic nitrogens is 3. The lowest BCUT2D eigenvalue weighted by molar-refractivity contribution is -0.137. The summed E-state index contributed by atoms with van der Waals surface area (Å²) in [6, 6.07) is 4.84. The Kier molecular flexibility index (Phi) is 5.68. The average Bonchev–Trinajstić information content (AvgIpc) is 3.06. The molecule has 0 saturated carbocycles. The quantitative estimate of drug-likeness (QED) is 0.668. The molecule has 150 valence electrons. The third-order valence-corrected chi connectivity index (χ3v) is 5.98. The van der Waals surface area contributed by atoms with Gasteiger partial charge in [-0.2, -0.15) is 4.31 Å². The summed E-state index contributed by atoms with van der Waals surface area (Å²) in [6.07, 6.45) is 3.90. The van der Waals surface area contributed by atoms with Gasteiger partial charge in [0.15, 0.2) is 5.82 Å². The second kappa shape index (κ2) is 7.86. The molecule has 2 unspecified atom stereocenters. The van der Waals surface area contributed by atoms with E-state index in [0.717, 1.165) is 10.8 Å². The van der Waals surface area contributed by atoms with Gasteiger partial charge in [-0.25, -0.2) is 13.4 Å². The number of hydrogen-bond acceptors (Lipinski definition) is 7. The molecule has 28 heavy (non-hydrogen) atoms. The molecule has 0 spiro atoms. The van der Waals surface area contributed by atoms with Crippen LogP contribution in [0.2, 0.25) is 5.15 Å². The van der Waals surface area contributed by atoms with Crippen molar-refractivity contribution in [2.75, 3.05) is 24.7 Å². The second-order valence-corrected chi connectivity index (χ2v) is 8.78. The van der Waals surface area contributed by atoms with Gasteiger partial charge >= 0.3 is 5.97 Å². The fraction of sp³-hybridized carbons (Fsp3) is 0.375. The molecule has 2 atom stereocenters. The second-order valence-electron chi connectivity index (χ2n) is 6.41. The van der Waals surface area contributed by atoms with E-state index < -0.39 is 34.1 Å². The van der Waals surface area contributed by atoms with Crippen molar-refractivity contribution in [3.05, 3.63) is 51.8 Å². The Balaban J connectivity index is 1.95. The summed E-state index contributed by atoms with van der Waals surface area (Å²) in [7, 11) is -3.45. The zero-order valence-electron chi connectivity index (χ0n) is 14.8. The minimum atomic E-state index is -3.45. The first kappa shape index (κ1) is 20.2. The number of halogens is 1. The maximum absolute atomic E-state index is 12.6. The zero-order chi connectivity index (χ0) is 20.5. The van der Waals surface area contributed by atoms with Crippen LogP contribution in [0.15, 0.2) is 35.4 Å². The predicted octanol–water partition coefficient (Wildman–Crippen LogP) is 0.216. The van der Waals surface area contributed by atoms with Crippen LogP contribution < -0.4 is 10.9 Å². The zero-order valence-corrected chi connectivity index (χ0v) is 16.4. The van der Waals surface area contributed by atoms with E-state index in [1.807, 2.05) is 0 Å². The van der Waals surface area contributed by atoms with Gasteiger partial charge in [0, 0.05) is 30.9 Å². The van der Waals surface area contributed by atoms with E-state index in [-0.39, 0.29) is 30.0 Å². The Bertz CT molecular complexity index is 1040. The lowest BCUT2D eigenvalue weighted by Crippen LogP contribution is -2.35. The SMILES string of the molecule is CS(=O)(=O)N1CC(Nc2ncc(Cl)n(CC(=O)O)c2=O)C(c2ccccn2)C1. The van der Waals surface area contributed by atoms with Crippen molar-refractivity contribution in [2.45, 2.75) is 18.5 Å². The van der Waals surface area contributed by atoms with Crippen molar-refractivity contribution in [1.29, 1.82) is 0 Å². The molecule has 1 fully saturated rings. The van der Waals surface area contributed by atoms with Gasteiger partial charge in [0.05, 0.1) is 18.5 Å². The summed E-state index contributed by atoms with van der Waals surface area (Å²) in [6.45, 7) is -0.300. The van der Waals surface area contributed by atoms with Gasteiger partial charge in [-0.15, -0.1) is 0 Å². The van der Waals surface area contributed by atoms with E-state index in [4.69, 9.17) is 16.7 Å². The van der Waals surface area contributed by atoms with Gasteiger partial charge < -0.3 is 10.4 Å². The van der Waals surface area contributed by atoms with E-state index in [2.05, 4.69) is 15.3 Å². The Hall–Kier alpha value is -2.50. The highest BCUT2D eigenvalue weighted by Crippen LogP contribution is 2.29. The molecule has 12 heteroatoms. The van der Waals surface area contributed by atoms with Crippen LogP contribution in [0.1, 0.15) is 11.6 Å². The molecule has 0 amide bonds. The van der Waals surface area contributed by atoms with Gasteiger partial charge in [0.25, 0.3) is 5.56 Å². The van der Waals surface area contributed by atoms with Gasteiger partial charge in [-0.05, 0) is 12.1 Å². The molecule has 2 aromatic rings. The third kappa shape index (κ3) is 4.32. The molecule has 1 saturated heterocycles. The van der Waals surface area contributed by atoms with Crippen molar-refractivity contribution >= 4 is 33.4 Å². The topological polar surface area (TPSA) is 134 Å². The number of pyridine rings is 1. The van der Waals surface area contributed by atoms with Gasteiger partial charge in [-0.3, -0.25) is 19.1 Å². The minimum absolute atomic E-state index is 0.105. The number of carboxylic acids is 1. The summed E-state index contributed by atoms with van der Waals surface area (Å²) in [5.41, 5.74) is -0.0292. The molecule has 1 aliphatic heterocycles. The Morgan fingerprint density at radius 1 is 1.36 bits per heavy atom. The largest absolute Gasteiger partial charge is 0.480 e. The Morgan fingerprint density at radius 3 is 2.71 bits per heavy atom. The highest BCUT2D eigenvalue weighted by molar-refractivity contribution is 7.88. The Morgan fingerprint density at radius 2 is 2.11 bits per heavy atom. The number of sulfonamides is 1. The van der Waals surface area contributed by atoms with Crippen LogP contribution in [0.25, 0.3) is 0 Å². The first-order chi connectivity index (χ1) is 13.2. The maximum atomic E-state index is 12.6. The molecule has 2 aromatic heterocycles. The van der Waals surface area contributed by atoms with Crippen LogP contribution in [-0.2, 0) is 21.4 Å². The number of rotatable bonds is 6. The molecule has 10 nitrogen and oxygen atoms in total. The number of nitrogens with zero attached hydrogens (tertiary/aromatic N) is 4. The van der Waals surface area contributed by atoms with Crippen molar-refractivity contribution < 1.29 is 18.3 Å². The molecule has 0 bridgehead atoms. The molecule has 0 radical (unpaired) electrons. The minimum Gasteiger partial charge on any atom is -0.480 e. The molecule has 3 rings (SSSR count). The van der Waals surface area contributed by atoms with E-state index in [1.165, 1.54) is 10.5 Å². The maximum Gasteiger partial charge on any atom is 0.323 e. The van der Waals surface area contributed by atoms with Crippen LogP contribution >= 0.6 is 11.6 Å². The van der Waals surface area contributed by atoms with Crippen LogP contribution in [-0.4, -0.2) is 63.7 Å². The number of anilines is 1. The average molecular weight is 428 g/mol. The van der Waals surface area contributed by atoms with Gasteiger partial charge in [0.2, 0.25) is 10.0 Å². The lowest BCUT2D eigenvalue weighted by atomic mass is 9.99. The highest BCUT2D eigenvalue weighted by atomic mass is 35.5. The van der Waals surface area contributed by atoms with Crippen molar-refractivity contribution in [2.24, 2.45) is 0 Å². The molecule has 3 heterocycles. The smallest absolute Gasteiger partial charge is 0.323 e. The summed E-state index contributed by atoms with van der Waals surface area (Å²) in [4.78, 5) is 31.8. The molecular weight excluding hydrogens is 410 g/mol. The predicted molar refractivity (Wildman–Crippen MR) is 102 cm³/mol. The number of carbonyl (C=O) groups is 1. The Labute approximate surface area is 165 Å². The van der Waals surface area contributed by atoms with E-state index in [9.17, 15) is 18.0 Å². The third-order valence-electron chi connectivity index (χ3n) is 4.44. The van der Waals surface area contributed by atoms with Gasteiger partial charge in [0.1, 0.15) is 11.7 Å². The van der Waals surface area contributed by atoms with Crippen molar-refractivity contribution in [1.82, 2.24) is 18.8 Å². The number of carboxylic acid groups (broad SMARTS) is 1. The molecule has 0 aromatic carbocycles. The standard InChI is InChI=1S/C16H18ClN5O5S/c1-28(26,27)21-7-10(11-4-2-3-5-18-11)12(8-21)20-15-16(25)22(9-14(23)24)13(17)6-19-15/h2-6,10,12H,7-9H2,1H3,(H,19,20)(H,23,24). The van der Waals surface area contributed by atoms with Crippen molar-refractivity contribution in [3.63, 3.8) is 0 Å². The van der Waals surface area contributed by atoms with Crippen LogP contribution in [0.4, 0.5) is 5.82 Å². The number of hydrogen-bond donors (Lipinski definition) is 2. The monoisotopic (exact) mass is 427 g/mol. The molecule has 2 N–H and O–H groups in total. The fourth-order valence-electron chi connectivity index (χ4n) is 3.10. The summed E-state index contributed by atoms with van der Waals surface area (Å²) in [5.74, 6) is -1.65. The molecule has 0 aliphatic carbocycles. The lowest BCUT2D eigenvalue weighted by Gasteiger charge is -2.20. The van der Waals surface area contributed by atoms with Crippen LogP contribution in [0, 0.1) is 0 Å². The van der Waals surface area contributed by atoms with E-state index in [0.29, 0.717) is 5.69 Å². The van der Waals surface area contributed by atoms with Crippen LogP contribution in [0.5, 0.6) is 0 Å². The fourth-order valence-corrected chi connectivity index (χ4v) is 4.15. The summed E-state index contributed by atoms with van der Waals surface area (Å²) < 4.78 is 26.2.